The van der Waals surface area contributed by atoms with Gasteiger partial charge in [0, 0.05) is 23.9 Å². The lowest BCUT2D eigenvalue weighted by Crippen LogP contribution is -1.86. The van der Waals surface area contributed by atoms with Crippen molar-refractivity contribution in [3.63, 3.8) is 0 Å². The highest BCUT2D eigenvalue weighted by Gasteiger charge is 2.29. The van der Waals surface area contributed by atoms with E-state index in [0.717, 1.165) is 24.3 Å². The van der Waals surface area contributed by atoms with Crippen molar-refractivity contribution in [2.24, 2.45) is 0 Å². The lowest BCUT2D eigenvalue weighted by atomic mass is 10.3. The van der Waals surface area contributed by atoms with Gasteiger partial charge in [-0.15, -0.1) is 5.10 Å². The summed E-state index contributed by atoms with van der Waals surface area (Å²) < 4.78 is 5.22. The molecule has 106 valence electrons. The molecule has 1 aliphatic rings. The van der Waals surface area contributed by atoms with Gasteiger partial charge in [0.25, 0.3) is 0 Å². The summed E-state index contributed by atoms with van der Waals surface area (Å²) in [4.78, 5) is 12.9. The van der Waals surface area contributed by atoms with E-state index in [2.05, 4.69) is 30.3 Å². The number of thioether (sulfide) groups is 1. The minimum absolute atomic E-state index is 0.483. The SMILES string of the molecule is c1cncc(-c2nc(SCc3noc(C4CC4)n3)n[nH]2)c1. The van der Waals surface area contributed by atoms with E-state index in [4.69, 9.17) is 4.52 Å². The first-order valence-electron chi connectivity index (χ1n) is 6.66. The van der Waals surface area contributed by atoms with Gasteiger partial charge in [-0.2, -0.15) is 4.98 Å². The third-order valence-electron chi connectivity index (χ3n) is 3.14. The highest BCUT2D eigenvalue weighted by molar-refractivity contribution is 7.98. The Bertz CT molecular complexity index is 736. The first-order chi connectivity index (χ1) is 10.4. The lowest BCUT2D eigenvalue weighted by Gasteiger charge is -1.92. The first kappa shape index (κ1) is 12.5. The summed E-state index contributed by atoms with van der Waals surface area (Å²) in [5, 5.41) is 11.7. The average Bonchev–Trinajstić information content (AvgIpc) is 3.09. The first-order valence-corrected chi connectivity index (χ1v) is 7.65. The Kier molecular flexibility index (Phi) is 3.15. The number of pyridine rings is 1. The molecule has 3 heterocycles. The second-order valence-electron chi connectivity index (χ2n) is 4.82. The van der Waals surface area contributed by atoms with E-state index in [-0.39, 0.29) is 0 Å². The van der Waals surface area contributed by atoms with Gasteiger partial charge >= 0.3 is 0 Å². The van der Waals surface area contributed by atoms with Crippen molar-refractivity contribution in [1.29, 1.82) is 0 Å². The van der Waals surface area contributed by atoms with Crippen LogP contribution in [0, 0.1) is 0 Å². The zero-order valence-corrected chi connectivity index (χ0v) is 11.9. The van der Waals surface area contributed by atoms with Crippen LogP contribution >= 0.6 is 11.8 Å². The van der Waals surface area contributed by atoms with Gasteiger partial charge in [0.1, 0.15) is 0 Å². The summed E-state index contributed by atoms with van der Waals surface area (Å²) >= 11 is 1.48. The predicted octanol–water partition coefficient (Wildman–Crippen LogP) is 2.42. The molecule has 1 N–H and O–H groups in total. The average molecular weight is 300 g/mol. The fourth-order valence-electron chi connectivity index (χ4n) is 1.89. The van der Waals surface area contributed by atoms with Crippen LogP contribution in [0.15, 0.2) is 34.2 Å². The van der Waals surface area contributed by atoms with Gasteiger partial charge in [-0.1, -0.05) is 16.9 Å². The summed E-state index contributed by atoms with van der Waals surface area (Å²) in [6.45, 7) is 0. The molecule has 7 nitrogen and oxygen atoms in total. The van der Waals surface area contributed by atoms with Gasteiger partial charge in [0.15, 0.2) is 11.6 Å². The largest absolute Gasteiger partial charge is 0.339 e. The van der Waals surface area contributed by atoms with Gasteiger partial charge in [-0.05, 0) is 25.0 Å². The number of aromatic nitrogens is 6. The molecular formula is C13H12N6OS. The molecule has 0 unspecified atom stereocenters. The molecule has 8 heteroatoms. The summed E-state index contributed by atoms with van der Waals surface area (Å²) in [5.41, 5.74) is 0.910. The van der Waals surface area contributed by atoms with E-state index in [9.17, 15) is 0 Å². The molecule has 0 amide bonds. The molecule has 21 heavy (non-hydrogen) atoms. The van der Waals surface area contributed by atoms with Crippen molar-refractivity contribution in [3.05, 3.63) is 36.2 Å². The van der Waals surface area contributed by atoms with Crippen molar-refractivity contribution < 1.29 is 4.52 Å². The molecule has 0 spiro atoms. The monoisotopic (exact) mass is 300 g/mol. The minimum atomic E-state index is 0.483. The summed E-state index contributed by atoms with van der Waals surface area (Å²) in [6, 6.07) is 3.80. The van der Waals surface area contributed by atoms with Crippen molar-refractivity contribution in [2.75, 3.05) is 0 Å². The molecule has 4 rings (SSSR count). The smallest absolute Gasteiger partial charge is 0.229 e. The molecule has 0 bridgehead atoms. The van der Waals surface area contributed by atoms with Crippen LogP contribution in [-0.4, -0.2) is 30.3 Å². The molecule has 0 saturated heterocycles. The maximum absolute atomic E-state index is 5.22. The number of nitrogens with zero attached hydrogens (tertiary/aromatic N) is 5. The number of H-pyrrole nitrogens is 1. The molecular weight excluding hydrogens is 288 g/mol. The van der Waals surface area contributed by atoms with Crippen molar-refractivity contribution in [2.45, 2.75) is 29.7 Å². The maximum atomic E-state index is 5.22. The molecule has 0 atom stereocenters. The van der Waals surface area contributed by atoms with E-state index in [1.165, 1.54) is 11.8 Å². The molecule has 1 fully saturated rings. The van der Waals surface area contributed by atoms with Crippen LogP contribution in [0.25, 0.3) is 11.4 Å². The summed E-state index contributed by atoms with van der Waals surface area (Å²) in [7, 11) is 0. The second-order valence-corrected chi connectivity index (χ2v) is 5.76. The molecule has 0 aliphatic heterocycles. The van der Waals surface area contributed by atoms with Gasteiger partial charge in [-0.3, -0.25) is 10.1 Å². The highest BCUT2D eigenvalue weighted by Crippen LogP contribution is 2.39. The maximum Gasteiger partial charge on any atom is 0.229 e. The van der Waals surface area contributed by atoms with Crippen LogP contribution in [-0.2, 0) is 5.75 Å². The molecule has 0 radical (unpaired) electrons. The van der Waals surface area contributed by atoms with E-state index in [0.29, 0.717) is 28.5 Å². The number of hydrogen-bond donors (Lipinski definition) is 1. The zero-order valence-electron chi connectivity index (χ0n) is 11.1. The molecule has 1 aliphatic carbocycles. The van der Waals surface area contributed by atoms with E-state index in [1.54, 1.807) is 12.4 Å². The van der Waals surface area contributed by atoms with E-state index >= 15 is 0 Å². The Balaban J connectivity index is 1.41. The van der Waals surface area contributed by atoms with Crippen molar-refractivity contribution in [1.82, 2.24) is 30.3 Å². The predicted molar refractivity (Wildman–Crippen MR) is 75.4 cm³/mol. The number of hydrogen-bond acceptors (Lipinski definition) is 7. The van der Waals surface area contributed by atoms with Crippen LogP contribution in [0.4, 0.5) is 0 Å². The fraction of sp³-hybridized carbons (Fsp3) is 0.308. The van der Waals surface area contributed by atoms with Crippen LogP contribution in [0.1, 0.15) is 30.5 Å². The van der Waals surface area contributed by atoms with E-state index < -0.39 is 0 Å². The topological polar surface area (TPSA) is 93.4 Å². The molecule has 0 aromatic carbocycles. The number of aromatic amines is 1. The van der Waals surface area contributed by atoms with Gasteiger partial charge in [-0.25, -0.2) is 4.98 Å². The minimum Gasteiger partial charge on any atom is -0.339 e. The Morgan fingerprint density at radius 3 is 3.10 bits per heavy atom. The lowest BCUT2D eigenvalue weighted by molar-refractivity contribution is 0.375. The zero-order chi connectivity index (χ0) is 14.1. The van der Waals surface area contributed by atoms with Gasteiger partial charge in [0.05, 0.1) is 5.75 Å². The van der Waals surface area contributed by atoms with Gasteiger partial charge in [0.2, 0.25) is 11.0 Å². The molecule has 3 aromatic rings. The second kappa shape index (κ2) is 5.28. The van der Waals surface area contributed by atoms with Crippen LogP contribution in [0.5, 0.6) is 0 Å². The van der Waals surface area contributed by atoms with E-state index in [1.807, 2.05) is 12.1 Å². The Labute approximate surface area is 124 Å². The summed E-state index contributed by atoms with van der Waals surface area (Å²) in [6.07, 6.45) is 5.79. The summed E-state index contributed by atoms with van der Waals surface area (Å²) in [5.74, 6) is 3.24. The van der Waals surface area contributed by atoms with Crippen LogP contribution < -0.4 is 0 Å². The Hall–Kier alpha value is -2.22. The molecule has 3 aromatic heterocycles. The van der Waals surface area contributed by atoms with Crippen molar-refractivity contribution in [3.8, 4) is 11.4 Å². The highest BCUT2D eigenvalue weighted by atomic mass is 32.2. The Morgan fingerprint density at radius 1 is 1.33 bits per heavy atom. The van der Waals surface area contributed by atoms with Crippen molar-refractivity contribution >= 4 is 11.8 Å². The fourth-order valence-corrected chi connectivity index (χ4v) is 2.54. The number of nitrogens with one attached hydrogen (secondary N) is 1. The van der Waals surface area contributed by atoms with Crippen LogP contribution in [0.3, 0.4) is 0 Å². The Morgan fingerprint density at radius 2 is 2.29 bits per heavy atom. The third kappa shape index (κ3) is 2.80. The van der Waals surface area contributed by atoms with Crippen LogP contribution in [0.2, 0.25) is 0 Å². The van der Waals surface area contributed by atoms with Gasteiger partial charge < -0.3 is 4.52 Å². The standard InChI is InChI=1S/C13H12N6OS/c1-2-9(6-14-5-1)11-16-13(18-17-11)21-7-10-15-12(20-19-10)8-3-4-8/h1-2,5-6,8H,3-4,7H2,(H,16,17,18). The quantitative estimate of drug-likeness (QED) is 0.723. The molecule has 1 saturated carbocycles. The number of rotatable bonds is 5. The normalized spacial score (nSPS) is 14.5. The third-order valence-corrected chi connectivity index (χ3v) is 3.98.